The highest BCUT2D eigenvalue weighted by molar-refractivity contribution is 5.75. The minimum Gasteiger partial charge on any atom is -0.381 e. The molecule has 0 atom stereocenters. The van der Waals surface area contributed by atoms with Crippen molar-refractivity contribution in [3.8, 4) is 0 Å². The van der Waals surface area contributed by atoms with E-state index in [-0.39, 0.29) is 12.6 Å². The summed E-state index contributed by atoms with van der Waals surface area (Å²) >= 11 is 0. The van der Waals surface area contributed by atoms with Crippen LogP contribution in [-0.4, -0.2) is 46.9 Å². The van der Waals surface area contributed by atoms with Gasteiger partial charge in [0.1, 0.15) is 0 Å². The Morgan fingerprint density at radius 3 is 1.58 bits per heavy atom. The first kappa shape index (κ1) is 33.8. The molecule has 2 N–H and O–H groups in total. The van der Waals surface area contributed by atoms with Crippen molar-refractivity contribution < 1.29 is 15.0 Å². The van der Waals surface area contributed by atoms with Crippen LogP contribution in [0.15, 0.2) is 0 Å². The molecule has 0 rings (SSSR count). The number of rotatable bonds is 22. The lowest BCUT2D eigenvalue weighted by molar-refractivity contribution is -0.402. The predicted molar refractivity (Wildman–Crippen MR) is 136 cm³/mol. The van der Waals surface area contributed by atoms with Gasteiger partial charge in [-0.15, -0.1) is 0 Å². The molecule has 0 aliphatic heterocycles. The lowest BCUT2D eigenvalue weighted by Crippen LogP contribution is -2.34. The number of aliphatic hydroxyl groups is 1. The molecule has 0 heterocycles. The molecule has 0 aromatic heterocycles. The highest BCUT2D eigenvalue weighted by Crippen LogP contribution is 2.13. The van der Waals surface area contributed by atoms with Gasteiger partial charge in [-0.25, -0.2) is 0 Å². The van der Waals surface area contributed by atoms with Gasteiger partial charge in [0.25, 0.3) is 0 Å². The van der Waals surface area contributed by atoms with Crippen LogP contribution in [0.3, 0.4) is 0 Å². The Morgan fingerprint density at radius 2 is 1.21 bits per heavy atom. The molecule has 198 valence electrons. The fourth-order valence-corrected chi connectivity index (χ4v) is 3.75. The van der Waals surface area contributed by atoms with E-state index in [0.29, 0.717) is 19.0 Å². The van der Waals surface area contributed by atoms with E-state index in [4.69, 9.17) is 15.3 Å². The van der Waals surface area contributed by atoms with Gasteiger partial charge in [0, 0.05) is 25.6 Å². The van der Waals surface area contributed by atoms with Crippen molar-refractivity contribution in [2.45, 2.75) is 136 Å². The molecule has 0 unspecified atom stereocenters. The summed E-state index contributed by atoms with van der Waals surface area (Å²) in [4.78, 5) is 22.1. The summed E-state index contributed by atoms with van der Waals surface area (Å²) in [7, 11) is 0. The molecular formula is C25H52N3O5-. The fraction of sp³-hybridized carbons (Fsp3) is 0.960. The summed E-state index contributed by atoms with van der Waals surface area (Å²) in [6.07, 6.45) is 21.8. The van der Waals surface area contributed by atoms with E-state index in [1.54, 1.807) is 0 Å². The van der Waals surface area contributed by atoms with Crippen LogP contribution in [0.25, 0.3) is 0 Å². The van der Waals surface area contributed by atoms with Gasteiger partial charge in [0.15, 0.2) is 0 Å². The van der Waals surface area contributed by atoms with E-state index >= 15 is 0 Å². The highest BCUT2D eigenvalue weighted by atomic mass is 16.9. The summed E-state index contributed by atoms with van der Waals surface area (Å²) in [6, 6.07) is 0.344. The van der Waals surface area contributed by atoms with Crippen LogP contribution in [0, 0.1) is 15.3 Å². The van der Waals surface area contributed by atoms with E-state index in [0.717, 1.165) is 19.4 Å². The summed E-state index contributed by atoms with van der Waals surface area (Å²) in [5, 5.41) is 27.0. The normalized spacial score (nSPS) is 10.8. The lowest BCUT2D eigenvalue weighted by atomic mass is 10.0. The predicted octanol–water partition coefficient (Wildman–Crippen LogP) is 6.18. The Labute approximate surface area is 202 Å². The number of hydrogen-bond donors (Lipinski definition) is 2. The average molecular weight is 475 g/mol. The van der Waals surface area contributed by atoms with Gasteiger partial charge in [0.05, 0.1) is 11.8 Å². The Morgan fingerprint density at radius 1 is 0.818 bits per heavy atom. The second kappa shape index (κ2) is 26.8. The Kier molecular flexibility index (Phi) is 27.5. The van der Waals surface area contributed by atoms with Crippen molar-refractivity contribution in [2.75, 3.05) is 19.8 Å². The van der Waals surface area contributed by atoms with Gasteiger partial charge >= 0.3 is 0 Å². The topological polar surface area (TPSA) is 119 Å². The molecule has 0 bridgehead atoms. The number of carbonyl (C=O) groups excluding carboxylic acids is 1. The summed E-state index contributed by atoms with van der Waals surface area (Å²) in [5.41, 5.74) is 0. The molecule has 0 aromatic rings. The Bertz CT molecular complexity index is 432. The molecule has 8 nitrogen and oxygen atoms in total. The van der Waals surface area contributed by atoms with Crippen molar-refractivity contribution >= 4 is 5.91 Å². The maximum absolute atomic E-state index is 11.9. The number of unbranched alkanes of at least 4 members (excludes halogenated alkanes) is 14. The van der Waals surface area contributed by atoms with Crippen LogP contribution in [0.1, 0.15) is 130 Å². The third-order valence-electron chi connectivity index (χ3n) is 5.86. The van der Waals surface area contributed by atoms with Crippen molar-refractivity contribution in [3.05, 3.63) is 15.3 Å². The summed E-state index contributed by atoms with van der Waals surface area (Å²) in [6.45, 7) is 8.05. The van der Waals surface area contributed by atoms with Crippen LogP contribution >= 0.6 is 0 Å². The van der Waals surface area contributed by atoms with Crippen LogP contribution in [0.4, 0.5) is 0 Å². The SMILES string of the molecule is CCCCCCCCCCCCCCCCCC(=O)NCCCN(CO)C(C)C.O=[N+]([O-])[O-]. The van der Waals surface area contributed by atoms with Gasteiger partial charge in [-0.2, -0.15) is 0 Å². The first-order valence-electron chi connectivity index (χ1n) is 13.3. The molecule has 8 heteroatoms. The Hall–Kier alpha value is -1.41. The minimum atomic E-state index is -1.75. The largest absolute Gasteiger partial charge is 0.381 e. The monoisotopic (exact) mass is 474 g/mol. The molecule has 1 amide bonds. The first-order chi connectivity index (χ1) is 15.8. The standard InChI is InChI=1S/C25H52N2O2.NO3/c1-4-5-6-7-8-9-10-11-12-13-14-15-16-17-18-20-25(29)26-21-19-22-27(23-28)24(2)3;2-1(3)4/h24,28H,4-23H2,1-3H3,(H,26,29);/q;-1. The third kappa shape index (κ3) is 30.6. The van der Waals surface area contributed by atoms with Gasteiger partial charge in [0.2, 0.25) is 5.91 Å². The molecular weight excluding hydrogens is 422 g/mol. The molecule has 0 aliphatic rings. The first-order valence-corrected chi connectivity index (χ1v) is 13.3. The lowest BCUT2D eigenvalue weighted by Gasteiger charge is -2.23. The highest BCUT2D eigenvalue weighted by Gasteiger charge is 2.07. The summed E-state index contributed by atoms with van der Waals surface area (Å²) < 4.78 is 0. The van der Waals surface area contributed by atoms with E-state index in [9.17, 15) is 9.90 Å². The van der Waals surface area contributed by atoms with E-state index < -0.39 is 5.09 Å². The smallest absolute Gasteiger partial charge is 0.219 e. The number of nitrogens with zero attached hydrogens (tertiary/aromatic N) is 2. The molecule has 0 saturated carbocycles. The van der Waals surface area contributed by atoms with E-state index in [2.05, 4.69) is 26.1 Å². The van der Waals surface area contributed by atoms with Crippen LogP contribution < -0.4 is 5.32 Å². The molecule has 0 aliphatic carbocycles. The van der Waals surface area contributed by atoms with Crippen LogP contribution in [-0.2, 0) is 4.79 Å². The second-order valence-electron chi connectivity index (χ2n) is 9.17. The molecule has 0 saturated heterocycles. The molecule has 0 spiro atoms. The zero-order chi connectivity index (χ0) is 25.2. The zero-order valence-corrected chi connectivity index (χ0v) is 21.7. The van der Waals surface area contributed by atoms with Crippen molar-refractivity contribution in [1.82, 2.24) is 10.2 Å². The average Bonchev–Trinajstić information content (AvgIpc) is 2.75. The maximum atomic E-state index is 11.9. The number of aliphatic hydroxyl groups excluding tert-OH is 1. The number of nitrogens with one attached hydrogen (secondary N) is 1. The van der Waals surface area contributed by atoms with Crippen molar-refractivity contribution in [1.29, 1.82) is 0 Å². The zero-order valence-electron chi connectivity index (χ0n) is 21.7. The fourth-order valence-electron chi connectivity index (χ4n) is 3.75. The van der Waals surface area contributed by atoms with Gasteiger partial charge in [-0.1, -0.05) is 96.8 Å². The molecule has 0 fully saturated rings. The van der Waals surface area contributed by atoms with Crippen molar-refractivity contribution in [2.24, 2.45) is 0 Å². The second-order valence-corrected chi connectivity index (χ2v) is 9.17. The quantitative estimate of drug-likeness (QED) is 0.0837. The maximum Gasteiger partial charge on any atom is 0.219 e. The van der Waals surface area contributed by atoms with E-state index in [1.807, 2.05) is 4.90 Å². The molecule has 33 heavy (non-hydrogen) atoms. The van der Waals surface area contributed by atoms with Crippen LogP contribution in [0.5, 0.6) is 0 Å². The molecule has 0 radical (unpaired) electrons. The Balaban J connectivity index is 0. The van der Waals surface area contributed by atoms with Crippen molar-refractivity contribution in [3.63, 3.8) is 0 Å². The number of amides is 1. The number of hydrogen-bond acceptors (Lipinski definition) is 6. The third-order valence-corrected chi connectivity index (χ3v) is 5.86. The van der Waals surface area contributed by atoms with Crippen LogP contribution in [0.2, 0.25) is 0 Å². The minimum absolute atomic E-state index is 0.0880. The molecule has 0 aromatic carbocycles. The van der Waals surface area contributed by atoms with Gasteiger partial charge in [-0.05, 0) is 26.7 Å². The summed E-state index contributed by atoms with van der Waals surface area (Å²) in [5.74, 6) is 0.180. The number of carbonyl (C=O) groups is 1. The van der Waals surface area contributed by atoms with Gasteiger partial charge in [-0.3, -0.25) is 9.69 Å². The van der Waals surface area contributed by atoms with Gasteiger partial charge < -0.3 is 25.7 Å². The van der Waals surface area contributed by atoms with E-state index in [1.165, 1.54) is 89.9 Å².